The fourth-order valence-electron chi connectivity index (χ4n) is 2.04. The molecule has 0 spiro atoms. The summed E-state index contributed by atoms with van der Waals surface area (Å²) in [4.78, 5) is 20.2. The highest BCUT2D eigenvalue weighted by Crippen LogP contribution is 2.30. The molecule has 2 N–H and O–H groups in total. The Morgan fingerprint density at radius 2 is 1.91 bits per heavy atom. The fourth-order valence-corrected chi connectivity index (χ4v) is 2.04. The van der Waals surface area contributed by atoms with Crippen LogP contribution < -0.4 is 20.1 Å². The van der Waals surface area contributed by atoms with Gasteiger partial charge in [-0.25, -0.2) is 9.97 Å². The van der Waals surface area contributed by atoms with Crippen LogP contribution in [0.4, 0.5) is 11.6 Å². The molecule has 0 saturated heterocycles. The Morgan fingerprint density at radius 3 is 2.52 bits per heavy atom. The molecule has 1 amide bonds. The lowest BCUT2D eigenvalue weighted by molar-refractivity contribution is 0.0950. The van der Waals surface area contributed by atoms with Gasteiger partial charge in [0.05, 0.1) is 25.5 Å². The molecule has 1 aliphatic rings. The van der Waals surface area contributed by atoms with Gasteiger partial charge in [0.15, 0.2) is 0 Å². The van der Waals surface area contributed by atoms with Gasteiger partial charge in [0, 0.05) is 24.5 Å². The van der Waals surface area contributed by atoms with Crippen molar-refractivity contribution in [1.29, 1.82) is 0 Å². The van der Waals surface area contributed by atoms with Gasteiger partial charge in [-0.3, -0.25) is 4.79 Å². The van der Waals surface area contributed by atoms with Crippen molar-refractivity contribution >= 4 is 17.5 Å². The number of hydrogen-bond acceptors (Lipinski definition) is 6. The van der Waals surface area contributed by atoms with Crippen molar-refractivity contribution in [2.45, 2.75) is 18.9 Å². The normalized spacial score (nSPS) is 13.3. The Kier molecular flexibility index (Phi) is 4.27. The van der Waals surface area contributed by atoms with Gasteiger partial charge in [-0.05, 0) is 25.0 Å². The van der Waals surface area contributed by atoms with Crippen LogP contribution in [-0.4, -0.2) is 36.1 Å². The Labute approximate surface area is 134 Å². The van der Waals surface area contributed by atoms with E-state index in [1.807, 2.05) is 0 Å². The molecular weight excluding hydrogens is 296 g/mol. The third kappa shape index (κ3) is 3.68. The molecular formula is C16H18N4O3. The number of aromatic nitrogens is 2. The Bertz CT molecular complexity index is 699. The van der Waals surface area contributed by atoms with E-state index < -0.39 is 0 Å². The highest BCUT2D eigenvalue weighted by Gasteiger charge is 2.24. The molecule has 1 heterocycles. The van der Waals surface area contributed by atoms with Crippen LogP contribution in [0.5, 0.6) is 11.5 Å². The van der Waals surface area contributed by atoms with E-state index in [1.165, 1.54) is 12.4 Å². The summed E-state index contributed by atoms with van der Waals surface area (Å²) >= 11 is 0. The first-order chi connectivity index (χ1) is 11.2. The smallest absolute Gasteiger partial charge is 0.254 e. The number of ether oxygens (including phenoxy) is 2. The molecule has 1 aliphatic carbocycles. The molecule has 0 unspecified atom stereocenters. The van der Waals surface area contributed by atoms with Gasteiger partial charge in [0.2, 0.25) is 5.95 Å². The lowest BCUT2D eigenvalue weighted by Crippen LogP contribution is -2.25. The molecule has 0 bridgehead atoms. The number of rotatable bonds is 6. The van der Waals surface area contributed by atoms with Crippen LogP contribution in [0.3, 0.4) is 0 Å². The lowest BCUT2D eigenvalue weighted by atomic mass is 10.2. The quantitative estimate of drug-likeness (QED) is 0.849. The van der Waals surface area contributed by atoms with Gasteiger partial charge in [-0.15, -0.1) is 0 Å². The van der Waals surface area contributed by atoms with Crippen LogP contribution in [0.15, 0.2) is 30.6 Å². The van der Waals surface area contributed by atoms with E-state index in [1.54, 1.807) is 32.4 Å². The van der Waals surface area contributed by atoms with Crippen molar-refractivity contribution in [3.8, 4) is 11.5 Å². The molecule has 23 heavy (non-hydrogen) atoms. The van der Waals surface area contributed by atoms with Crippen molar-refractivity contribution in [2.75, 3.05) is 19.5 Å². The van der Waals surface area contributed by atoms with Gasteiger partial charge in [-0.2, -0.15) is 0 Å². The predicted molar refractivity (Wildman–Crippen MR) is 85.3 cm³/mol. The summed E-state index contributed by atoms with van der Waals surface area (Å²) in [6.07, 6.45) is 5.09. The van der Waals surface area contributed by atoms with E-state index in [2.05, 4.69) is 20.6 Å². The SMILES string of the molecule is COc1ccc(OC)c(Nc2ncc(C(=O)NC3CC3)cn2)c1. The van der Waals surface area contributed by atoms with E-state index >= 15 is 0 Å². The van der Waals surface area contributed by atoms with E-state index in [0.717, 1.165) is 12.8 Å². The third-order valence-corrected chi connectivity index (χ3v) is 3.48. The van der Waals surface area contributed by atoms with Gasteiger partial charge in [0.25, 0.3) is 5.91 Å². The molecule has 120 valence electrons. The van der Waals surface area contributed by atoms with Crippen LogP contribution in [0.2, 0.25) is 0 Å². The first-order valence-electron chi connectivity index (χ1n) is 7.31. The first-order valence-corrected chi connectivity index (χ1v) is 7.31. The lowest BCUT2D eigenvalue weighted by Gasteiger charge is -2.11. The maximum atomic E-state index is 11.9. The van der Waals surface area contributed by atoms with E-state index in [-0.39, 0.29) is 5.91 Å². The van der Waals surface area contributed by atoms with Gasteiger partial charge in [0.1, 0.15) is 11.5 Å². The Hall–Kier alpha value is -2.83. The summed E-state index contributed by atoms with van der Waals surface area (Å²) in [5.41, 5.74) is 1.13. The third-order valence-electron chi connectivity index (χ3n) is 3.48. The zero-order chi connectivity index (χ0) is 16.2. The number of nitrogens with one attached hydrogen (secondary N) is 2. The molecule has 0 aliphatic heterocycles. The summed E-state index contributed by atoms with van der Waals surface area (Å²) in [5, 5.41) is 5.96. The van der Waals surface area contributed by atoms with Crippen molar-refractivity contribution < 1.29 is 14.3 Å². The van der Waals surface area contributed by atoms with Gasteiger partial charge in [-0.1, -0.05) is 0 Å². The fraction of sp³-hybridized carbons (Fsp3) is 0.312. The molecule has 7 heteroatoms. The molecule has 0 radical (unpaired) electrons. The topological polar surface area (TPSA) is 85.4 Å². The maximum absolute atomic E-state index is 11.9. The average Bonchev–Trinajstić information content (AvgIpc) is 3.39. The number of nitrogens with zero attached hydrogens (tertiary/aromatic N) is 2. The number of hydrogen-bond donors (Lipinski definition) is 2. The first kappa shape index (κ1) is 15.1. The summed E-state index contributed by atoms with van der Waals surface area (Å²) < 4.78 is 10.5. The zero-order valence-electron chi connectivity index (χ0n) is 13.0. The highest BCUT2D eigenvalue weighted by molar-refractivity contribution is 5.94. The van der Waals surface area contributed by atoms with E-state index in [4.69, 9.17) is 9.47 Å². The largest absolute Gasteiger partial charge is 0.497 e. The summed E-state index contributed by atoms with van der Waals surface area (Å²) in [5.74, 6) is 1.57. The van der Waals surface area contributed by atoms with Crippen LogP contribution in [0.25, 0.3) is 0 Å². The number of anilines is 2. The monoisotopic (exact) mass is 314 g/mol. The second-order valence-corrected chi connectivity index (χ2v) is 5.23. The van der Waals surface area contributed by atoms with Crippen LogP contribution in [-0.2, 0) is 0 Å². The molecule has 1 aromatic heterocycles. The average molecular weight is 314 g/mol. The summed E-state index contributed by atoms with van der Waals surface area (Å²) in [6, 6.07) is 5.69. The minimum absolute atomic E-state index is 0.141. The molecule has 3 rings (SSSR count). The minimum Gasteiger partial charge on any atom is -0.497 e. The predicted octanol–water partition coefficient (Wildman–Crippen LogP) is 2.13. The van der Waals surface area contributed by atoms with Gasteiger partial charge < -0.3 is 20.1 Å². The van der Waals surface area contributed by atoms with Crippen molar-refractivity contribution in [3.63, 3.8) is 0 Å². The second kappa shape index (κ2) is 6.51. The Morgan fingerprint density at radius 1 is 1.17 bits per heavy atom. The molecule has 2 aromatic rings. The second-order valence-electron chi connectivity index (χ2n) is 5.23. The van der Waals surface area contributed by atoms with Crippen LogP contribution >= 0.6 is 0 Å². The number of benzene rings is 1. The van der Waals surface area contributed by atoms with Gasteiger partial charge >= 0.3 is 0 Å². The van der Waals surface area contributed by atoms with Crippen molar-refractivity contribution in [2.24, 2.45) is 0 Å². The van der Waals surface area contributed by atoms with Crippen LogP contribution in [0, 0.1) is 0 Å². The Balaban J connectivity index is 1.73. The number of methoxy groups -OCH3 is 2. The molecule has 1 fully saturated rings. The standard InChI is InChI=1S/C16H18N4O3/c1-22-12-5-6-14(23-2)13(7-12)20-16-17-8-10(9-18-16)15(21)19-11-3-4-11/h5-9,11H,3-4H2,1-2H3,(H,19,21)(H,17,18,20). The maximum Gasteiger partial charge on any atom is 0.254 e. The molecule has 0 atom stereocenters. The number of carbonyl (C=O) groups excluding carboxylic acids is 1. The zero-order valence-corrected chi connectivity index (χ0v) is 13.0. The molecule has 1 saturated carbocycles. The highest BCUT2D eigenvalue weighted by atomic mass is 16.5. The van der Waals surface area contributed by atoms with E-state index in [9.17, 15) is 4.79 Å². The van der Waals surface area contributed by atoms with E-state index in [0.29, 0.717) is 34.7 Å². The summed E-state index contributed by atoms with van der Waals surface area (Å²) in [7, 11) is 3.18. The minimum atomic E-state index is -0.141. The molecule has 7 nitrogen and oxygen atoms in total. The van der Waals surface area contributed by atoms with Crippen molar-refractivity contribution in [3.05, 3.63) is 36.2 Å². The number of amides is 1. The number of carbonyl (C=O) groups is 1. The van der Waals surface area contributed by atoms with Crippen molar-refractivity contribution in [1.82, 2.24) is 15.3 Å². The summed E-state index contributed by atoms with van der Waals surface area (Å²) in [6.45, 7) is 0. The molecule has 1 aromatic carbocycles. The van der Waals surface area contributed by atoms with Crippen LogP contribution in [0.1, 0.15) is 23.2 Å².